The van der Waals surface area contributed by atoms with E-state index in [0.717, 1.165) is 57.8 Å². The molecule has 3 amide bonds. The SMILES string of the molecule is O=C1CCC(N2C(=O)c3ccc(OCCOCCOCCOCCOCCOCCCn4cc(-c5ccc6c(c5)CC/C6=N\O)c(-c5ccncc5)n4)cc3C2O)C(=O)N1. The third-order valence-electron chi connectivity index (χ3n) is 10.4. The third-order valence-corrected chi connectivity index (χ3v) is 10.4. The molecule has 2 unspecified atom stereocenters. The molecule has 17 heteroatoms. The van der Waals surface area contributed by atoms with Crippen LogP contribution in [0.5, 0.6) is 5.75 Å². The molecule has 1 aliphatic carbocycles. The van der Waals surface area contributed by atoms with Gasteiger partial charge in [-0.3, -0.25) is 34.3 Å². The van der Waals surface area contributed by atoms with Gasteiger partial charge >= 0.3 is 0 Å². The minimum atomic E-state index is -1.31. The number of ether oxygens (including phenoxy) is 6. The van der Waals surface area contributed by atoms with Crippen LogP contribution in [0.3, 0.4) is 0 Å². The van der Waals surface area contributed by atoms with Gasteiger partial charge in [-0.1, -0.05) is 23.4 Å². The number of piperidine rings is 1. The van der Waals surface area contributed by atoms with Crippen molar-refractivity contribution in [2.45, 2.75) is 50.9 Å². The van der Waals surface area contributed by atoms with Crippen LogP contribution in [0.2, 0.25) is 0 Å². The Labute approximate surface area is 347 Å². The van der Waals surface area contributed by atoms with Gasteiger partial charge in [0.2, 0.25) is 11.8 Å². The van der Waals surface area contributed by atoms with Gasteiger partial charge in [0.15, 0.2) is 6.23 Å². The molecule has 0 saturated carbocycles. The van der Waals surface area contributed by atoms with E-state index in [1.807, 2.05) is 22.9 Å². The second-order valence-corrected chi connectivity index (χ2v) is 14.4. The molecule has 4 heterocycles. The first-order valence-electron chi connectivity index (χ1n) is 20.2. The van der Waals surface area contributed by atoms with E-state index in [1.54, 1.807) is 30.6 Å². The molecule has 1 saturated heterocycles. The van der Waals surface area contributed by atoms with E-state index in [1.165, 1.54) is 5.56 Å². The summed E-state index contributed by atoms with van der Waals surface area (Å²) in [4.78, 5) is 42.0. The molecule has 1 fully saturated rings. The number of oxime groups is 1. The Morgan fingerprint density at radius 1 is 0.733 bits per heavy atom. The van der Waals surface area contributed by atoms with Crippen LogP contribution >= 0.6 is 0 Å². The minimum Gasteiger partial charge on any atom is -0.491 e. The summed E-state index contributed by atoms with van der Waals surface area (Å²) in [5, 5.41) is 30.7. The lowest BCUT2D eigenvalue weighted by molar-refractivity contribution is -0.139. The lowest BCUT2D eigenvalue weighted by Crippen LogP contribution is -2.53. The number of hydrogen-bond donors (Lipinski definition) is 3. The van der Waals surface area contributed by atoms with Crippen LogP contribution in [0.1, 0.15) is 59.0 Å². The molecule has 2 aromatic heterocycles. The number of fused-ring (bicyclic) bond motifs is 2. The maximum absolute atomic E-state index is 12.9. The lowest BCUT2D eigenvalue weighted by atomic mass is 9.98. The van der Waals surface area contributed by atoms with Gasteiger partial charge in [-0.25, -0.2) is 0 Å². The number of carbonyl (C=O) groups is 3. The van der Waals surface area contributed by atoms with Crippen molar-refractivity contribution in [3.05, 3.63) is 89.4 Å². The molecule has 60 heavy (non-hydrogen) atoms. The summed E-state index contributed by atoms with van der Waals surface area (Å²) in [6.07, 6.45) is 6.94. The molecule has 17 nitrogen and oxygen atoms in total. The average Bonchev–Trinajstić information content (AvgIpc) is 3.95. The van der Waals surface area contributed by atoms with Gasteiger partial charge < -0.3 is 38.7 Å². The highest BCUT2D eigenvalue weighted by Crippen LogP contribution is 2.37. The van der Waals surface area contributed by atoms with Crippen molar-refractivity contribution in [2.75, 3.05) is 72.7 Å². The second kappa shape index (κ2) is 21.1. The molecule has 2 aliphatic heterocycles. The predicted molar refractivity (Wildman–Crippen MR) is 215 cm³/mol. The zero-order valence-electron chi connectivity index (χ0n) is 33.3. The highest BCUT2D eigenvalue weighted by molar-refractivity contribution is 6.06. The number of rotatable bonds is 23. The standard InChI is InChI=1S/C43H50N6O11/c50-39-9-8-38(41(51)45-39)49-42(52)34-6-4-32(27-35(34)43(49)53)60-25-24-59-23-22-58-21-20-57-19-18-56-17-16-55-15-1-14-48-28-36(40(46-48)29-10-12-44-13-11-29)31-2-5-33-30(26-31)3-7-37(33)47-54/h2,4-6,10-13,26-28,38,43,53-54H,1,3,7-9,14-25H2,(H,45,50,51)/b47-37+. The minimum absolute atomic E-state index is 0.100. The molecule has 0 radical (unpaired) electrons. The van der Waals surface area contributed by atoms with Crippen molar-refractivity contribution >= 4 is 23.4 Å². The summed E-state index contributed by atoms with van der Waals surface area (Å²) >= 11 is 0. The van der Waals surface area contributed by atoms with Crippen LogP contribution in [0.25, 0.3) is 22.4 Å². The lowest BCUT2D eigenvalue weighted by Gasteiger charge is -2.31. The summed E-state index contributed by atoms with van der Waals surface area (Å²) < 4.78 is 35.8. The third kappa shape index (κ3) is 10.6. The smallest absolute Gasteiger partial charge is 0.257 e. The van der Waals surface area contributed by atoms with Crippen molar-refractivity contribution in [1.29, 1.82) is 0 Å². The van der Waals surface area contributed by atoms with Crippen LogP contribution in [0.15, 0.2) is 72.3 Å². The molecule has 0 spiro atoms. The number of pyridine rings is 1. The topological polar surface area (TPSA) is 205 Å². The van der Waals surface area contributed by atoms with Crippen LogP contribution in [0, 0.1) is 0 Å². The molecule has 2 atom stereocenters. The summed E-state index contributed by atoms with van der Waals surface area (Å²) in [5.41, 5.74) is 7.55. The number of aromatic nitrogens is 3. The maximum Gasteiger partial charge on any atom is 0.257 e. The van der Waals surface area contributed by atoms with Crippen LogP contribution in [-0.4, -0.2) is 132 Å². The largest absolute Gasteiger partial charge is 0.491 e. The second-order valence-electron chi connectivity index (χ2n) is 14.4. The van der Waals surface area contributed by atoms with E-state index in [9.17, 15) is 24.7 Å². The van der Waals surface area contributed by atoms with Gasteiger partial charge in [0, 0.05) is 66.0 Å². The summed E-state index contributed by atoms with van der Waals surface area (Å²) in [5.74, 6) is -0.998. The number of nitrogens with one attached hydrogen (secondary N) is 1. The fourth-order valence-corrected chi connectivity index (χ4v) is 7.44. The van der Waals surface area contributed by atoms with E-state index < -0.39 is 30.0 Å². The van der Waals surface area contributed by atoms with Crippen molar-refractivity contribution in [3.8, 4) is 28.1 Å². The first-order chi connectivity index (χ1) is 29.4. The number of amides is 3. The number of aryl methyl sites for hydroxylation is 2. The number of benzene rings is 2. The van der Waals surface area contributed by atoms with Gasteiger partial charge in [0.05, 0.1) is 65.2 Å². The first-order valence-corrected chi connectivity index (χ1v) is 20.2. The summed E-state index contributed by atoms with van der Waals surface area (Å²) in [6.45, 7) is 5.31. The molecular formula is C43H50N6O11. The molecule has 7 rings (SSSR count). The Hall–Kier alpha value is -5.56. The summed E-state index contributed by atoms with van der Waals surface area (Å²) in [6, 6.07) is 14.0. The van der Waals surface area contributed by atoms with Crippen LogP contribution in [-0.2, 0) is 46.2 Å². The van der Waals surface area contributed by atoms with Crippen molar-refractivity contribution < 1.29 is 53.1 Å². The molecule has 318 valence electrons. The average molecular weight is 827 g/mol. The molecule has 3 aliphatic rings. The first kappa shape index (κ1) is 42.6. The summed E-state index contributed by atoms with van der Waals surface area (Å²) in [7, 11) is 0. The number of aliphatic hydroxyl groups is 1. The highest BCUT2D eigenvalue weighted by atomic mass is 16.6. The zero-order valence-corrected chi connectivity index (χ0v) is 33.3. The normalized spacial score (nSPS) is 18.0. The fourth-order valence-electron chi connectivity index (χ4n) is 7.44. The van der Waals surface area contributed by atoms with E-state index in [0.29, 0.717) is 89.5 Å². The molecular weight excluding hydrogens is 777 g/mol. The van der Waals surface area contributed by atoms with Crippen LogP contribution < -0.4 is 10.1 Å². The van der Waals surface area contributed by atoms with E-state index in [4.69, 9.17) is 33.5 Å². The monoisotopic (exact) mass is 826 g/mol. The van der Waals surface area contributed by atoms with E-state index in [-0.39, 0.29) is 19.4 Å². The van der Waals surface area contributed by atoms with E-state index in [2.05, 4.69) is 33.8 Å². The van der Waals surface area contributed by atoms with E-state index >= 15 is 0 Å². The number of nitrogens with zero attached hydrogens (tertiary/aromatic N) is 5. The number of aliphatic hydroxyl groups excluding tert-OH is 1. The Balaban J connectivity index is 0.688. The van der Waals surface area contributed by atoms with Gasteiger partial charge in [-0.15, -0.1) is 0 Å². The van der Waals surface area contributed by atoms with Crippen molar-refractivity contribution in [3.63, 3.8) is 0 Å². The van der Waals surface area contributed by atoms with Gasteiger partial charge in [0.25, 0.3) is 5.91 Å². The van der Waals surface area contributed by atoms with Gasteiger partial charge in [-0.05, 0) is 67.1 Å². The Morgan fingerprint density at radius 2 is 1.40 bits per heavy atom. The Bertz CT molecular complexity index is 2130. The quantitative estimate of drug-likeness (QED) is 0.0424. The van der Waals surface area contributed by atoms with Gasteiger partial charge in [-0.2, -0.15) is 5.10 Å². The fraction of sp³-hybridized carbons (Fsp3) is 0.442. The molecule has 0 bridgehead atoms. The van der Waals surface area contributed by atoms with Crippen molar-refractivity contribution in [1.82, 2.24) is 25.0 Å². The Morgan fingerprint density at radius 3 is 2.08 bits per heavy atom. The molecule has 2 aromatic carbocycles. The number of imide groups is 1. The number of carbonyl (C=O) groups excluding carboxylic acids is 3. The van der Waals surface area contributed by atoms with Crippen molar-refractivity contribution in [2.24, 2.45) is 5.16 Å². The van der Waals surface area contributed by atoms with Gasteiger partial charge in [0.1, 0.15) is 24.1 Å². The highest BCUT2D eigenvalue weighted by Gasteiger charge is 2.44. The maximum atomic E-state index is 12.9. The number of hydrogen-bond acceptors (Lipinski definition) is 14. The molecule has 4 aromatic rings. The Kier molecular flexibility index (Phi) is 15.0. The predicted octanol–water partition coefficient (Wildman–Crippen LogP) is 3.54. The van der Waals surface area contributed by atoms with Crippen LogP contribution in [0.4, 0.5) is 0 Å². The molecule has 3 N–H and O–H groups in total. The zero-order chi connectivity index (χ0) is 41.7.